The van der Waals surface area contributed by atoms with Crippen LogP contribution >= 0.6 is 15.9 Å². The molecule has 0 unspecified atom stereocenters. The van der Waals surface area contributed by atoms with Crippen LogP contribution in [0.5, 0.6) is 0 Å². The molecule has 1 saturated heterocycles. The number of carbonyl (C=O) groups excluding carboxylic acids is 3. The van der Waals surface area contributed by atoms with Gasteiger partial charge in [-0.1, -0.05) is 13.0 Å². The van der Waals surface area contributed by atoms with Gasteiger partial charge in [-0.25, -0.2) is 15.0 Å². The van der Waals surface area contributed by atoms with Crippen LogP contribution in [0.2, 0.25) is 0 Å². The third kappa shape index (κ3) is 4.49. The lowest BCUT2D eigenvalue weighted by molar-refractivity contribution is -0.151. The highest BCUT2D eigenvalue weighted by Crippen LogP contribution is 2.66. The Kier molecular flexibility index (Phi) is 6.54. The van der Waals surface area contributed by atoms with E-state index in [9.17, 15) is 19.5 Å². The molecule has 3 aromatic heterocycles. The van der Waals surface area contributed by atoms with Crippen molar-refractivity contribution in [2.45, 2.75) is 65.8 Å². The number of rotatable bonds is 6. The second-order valence-corrected chi connectivity index (χ2v) is 12.4. The average Bonchev–Trinajstić information content (AvgIpc) is 3.18. The van der Waals surface area contributed by atoms with Crippen LogP contribution < -0.4 is 5.32 Å². The Balaban J connectivity index is 1.34. The summed E-state index contributed by atoms with van der Waals surface area (Å²) in [6, 6.07) is 6.49. The first-order valence-electron chi connectivity index (χ1n) is 13.6. The normalized spacial score (nSPS) is 22.7. The molecule has 4 aromatic rings. The van der Waals surface area contributed by atoms with E-state index in [1.807, 2.05) is 39.0 Å². The van der Waals surface area contributed by atoms with Crippen molar-refractivity contribution in [2.75, 3.05) is 5.32 Å². The highest BCUT2D eigenvalue weighted by Gasteiger charge is 2.75. The number of nitrogens with one attached hydrogen (secondary N) is 1. The molecular weight excluding hydrogens is 602 g/mol. The van der Waals surface area contributed by atoms with Gasteiger partial charge in [0.2, 0.25) is 11.8 Å². The molecule has 4 heterocycles. The second-order valence-electron chi connectivity index (χ2n) is 11.6. The number of anilines is 1. The third-order valence-electron chi connectivity index (χ3n) is 8.48. The fraction of sp³-hybridized carbons (Fsp3) is 0.367. The Morgan fingerprint density at radius 3 is 2.50 bits per heavy atom. The molecule has 2 aliphatic rings. The number of hydrogen-bond acceptors (Lipinski definition) is 8. The van der Waals surface area contributed by atoms with Crippen LogP contribution in [-0.2, 0) is 16.1 Å². The monoisotopic (exact) mass is 631 g/mol. The summed E-state index contributed by atoms with van der Waals surface area (Å²) in [6.07, 6.45) is 4.14. The van der Waals surface area contributed by atoms with Gasteiger partial charge < -0.3 is 15.3 Å². The van der Waals surface area contributed by atoms with Gasteiger partial charge in [-0.3, -0.25) is 19.1 Å². The molecule has 2 N–H and O–H groups in total. The van der Waals surface area contributed by atoms with Gasteiger partial charge in [0.15, 0.2) is 5.78 Å². The second kappa shape index (κ2) is 9.77. The molecule has 3 atom stereocenters. The predicted octanol–water partition coefficient (Wildman–Crippen LogP) is 4.12. The summed E-state index contributed by atoms with van der Waals surface area (Å²) in [4.78, 5) is 54.3. The van der Waals surface area contributed by atoms with Gasteiger partial charge in [0.05, 0.1) is 5.52 Å². The van der Waals surface area contributed by atoms with Crippen molar-refractivity contribution >= 4 is 50.2 Å². The minimum atomic E-state index is -1.44. The number of Topliss-reactive ketones (excluding diaryl/α,β-unsaturated/α-hetero) is 1. The van der Waals surface area contributed by atoms with Crippen molar-refractivity contribution in [3.8, 4) is 11.1 Å². The van der Waals surface area contributed by atoms with E-state index in [0.29, 0.717) is 40.0 Å². The lowest BCUT2D eigenvalue weighted by Crippen LogP contribution is -2.51. The van der Waals surface area contributed by atoms with Crippen LogP contribution in [0.1, 0.15) is 54.1 Å². The topological polar surface area (TPSA) is 143 Å². The highest BCUT2D eigenvalue weighted by atomic mass is 79.9. The maximum Gasteiger partial charge on any atom is 0.248 e. The van der Waals surface area contributed by atoms with E-state index < -0.39 is 29.0 Å². The van der Waals surface area contributed by atoms with Crippen molar-refractivity contribution in [1.82, 2.24) is 29.6 Å². The molecule has 1 aromatic carbocycles. The highest BCUT2D eigenvalue weighted by molar-refractivity contribution is 9.10. The fourth-order valence-corrected chi connectivity index (χ4v) is 6.43. The number of nitrogens with zero attached hydrogens (tertiary/aromatic N) is 6. The van der Waals surface area contributed by atoms with Gasteiger partial charge in [0, 0.05) is 42.1 Å². The Labute approximate surface area is 250 Å². The number of piperidine rings is 1. The average molecular weight is 633 g/mol. The van der Waals surface area contributed by atoms with Crippen molar-refractivity contribution in [3.63, 3.8) is 0 Å². The number of aliphatic hydroxyl groups is 1. The number of halogens is 1. The SMILES string of the molecule is CC(=O)c1nn(CC(=O)N2[C@H](C(=O)Nc3nc(Br)ccc3C)C[C@@]3(C)C[C@@]23O)c2c(C)cc(-c3cnc(C)nc3)cc12. The summed E-state index contributed by atoms with van der Waals surface area (Å²) in [5.74, 6) is -0.0964. The Hall–Kier alpha value is -4.03. The Morgan fingerprint density at radius 2 is 1.81 bits per heavy atom. The predicted molar refractivity (Wildman–Crippen MR) is 158 cm³/mol. The number of aryl methyl sites for hydroxylation is 3. The van der Waals surface area contributed by atoms with Crippen LogP contribution in [-0.4, -0.2) is 64.1 Å². The van der Waals surface area contributed by atoms with Gasteiger partial charge in [-0.05, 0) is 78.0 Å². The molecule has 1 aliphatic carbocycles. The lowest BCUT2D eigenvalue weighted by Gasteiger charge is -2.30. The van der Waals surface area contributed by atoms with Crippen LogP contribution in [0.4, 0.5) is 5.82 Å². The summed E-state index contributed by atoms with van der Waals surface area (Å²) in [5.41, 5.74) is 2.02. The van der Waals surface area contributed by atoms with Crippen LogP contribution in [0.15, 0.2) is 41.3 Å². The minimum Gasteiger partial charge on any atom is -0.370 e. The largest absolute Gasteiger partial charge is 0.370 e. The van der Waals surface area contributed by atoms with Crippen molar-refractivity contribution in [1.29, 1.82) is 0 Å². The molecular formula is C30H30BrN7O4. The molecule has 11 nitrogen and oxygen atoms in total. The molecule has 1 saturated carbocycles. The standard InChI is InChI=1S/C30H30BrN7O4/c1-15-6-7-23(31)34-27(15)35-28(41)22-10-29(5)14-30(29,42)38(22)24(40)13-37-26-16(2)8-19(20-11-32-18(4)33-12-20)9-21(26)25(36-37)17(3)39/h6-9,11-12,22,42H,10,13-14H2,1-5H3,(H,34,35,41)/t22-,29-,30-/m0/s1. The first-order chi connectivity index (χ1) is 19.8. The van der Waals surface area contributed by atoms with Crippen molar-refractivity contribution < 1.29 is 19.5 Å². The fourth-order valence-electron chi connectivity index (χ4n) is 6.12. The zero-order chi connectivity index (χ0) is 30.1. The number of carbonyl (C=O) groups is 3. The van der Waals surface area contributed by atoms with Crippen LogP contribution in [0, 0.1) is 26.2 Å². The van der Waals surface area contributed by atoms with Crippen LogP contribution in [0.25, 0.3) is 22.0 Å². The minimum absolute atomic E-state index is 0.234. The summed E-state index contributed by atoms with van der Waals surface area (Å²) in [7, 11) is 0. The van der Waals surface area contributed by atoms with Crippen molar-refractivity contribution in [2.24, 2.45) is 5.41 Å². The third-order valence-corrected chi connectivity index (χ3v) is 8.92. The first-order valence-corrected chi connectivity index (χ1v) is 14.4. The van der Waals surface area contributed by atoms with Gasteiger partial charge in [0.25, 0.3) is 0 Å². The smallest absolute Gasteiger partial charge is 0.248 e. The van der Waals surface area contributed by atoms with Gasteiger partial charge in [0.1, 0.15) is 40.3 Å². The van der Waals surface area contributed by atoms with E-state index >= 15 is 0 Å². The number of benzene rings is 1. The zero-order valence-corrected chi connectivity index (χ0v) is 25.5. The van der Waals surface area contributed by atoms with E-state index in [0.717, 1.165) is 22.3 Å². The molecule has 2 fully saturated rings. The van der Waals surface area contributed by atoms with Gasteiger partial charge >= 0.3 is 0 Å². The summed E-state index contributed by atoms with van der Waals surface area (Å²) < 4.78 is 2.06. The van der Waals surface area contributed by atoms with E-state index in [1.165, 1.54) is 16.5 Å². The zero-order valence-electron chi connectivity index (χ0n) is 23.9. The molecule has 6 rings (SSSR count). The number of likely N-dealkylation sites (tertiary alicyclic amines) is 1. The molecule has 216 valence electrons. The summed E-state index contributed by atoms with van der Waals surface area (Å²) in [6.45, 7) is 8.57. The molecule has 1 aliphatic heterocycles. The number of amides is 2. The quantitative estimate of drug-likeness (QED) is 0.239. The number of aromatic nitrogens is 5. The first kappa shape index (κ1) is 28.1. The molecule has 42 heavy (non-hydrogen) atoms. The molecule has 2 amide bonds. The molecule has 0 bridgehead atoms. The maximum absolute atomic E-state index is 13.9. The summed E-state index contributed by atoms with van der Waals surface area (Å²) >= 11 is 3.33. The van der Waals surface area contributed by atoms with E-state index in [-0.39, 0.29) is 18.0 Å². The maximum atomic E-state index is 13.9. The van der Waals surface area contributed by atoms with Gasteiger partial charge in [-0.15, -0.1) is 0 Å². The Morgan fingerprint density at radius 1 is 1.10 bits per heavy atom. The lowest BCUT2D eigenvalue weighted by atomic mass is 10.0. The van der Waals surface area contributed by atoms with Crippen LogP contribution in [0.3, 0.4) is 0 Å². The summed E-state index contributed by atoms with van der Waals surface area (Å²) in [5, 5.41) is 19.5. The number of ketones is 1. The van der Waals surface area contributed by atoms with Gasteiger partial charge in [-0.2, -0.15) is 5.10 Å². The molecule has 0 spiro atoms. The van der Waals surface area contributed by atoms with Crippen molar-refractivity contribution in [3.05, 3.63) is 63.9 Å². The van der Waals surface area contributed by atoms with E-state index in [2.05, 4.69) is 41.3 Å². The molecule has 12 heteroatoms. The van der Waals surface area contributed by atoms with E-state index in [1.54, 1.807) is 25.4 Å². The Bertz CT molecular complexity index is 1800. The number of hydrogen-bond donors (Lipinski definition) is 2. The molecule has 0 radical (unpaired) electrons. The number of pyridine rings is 1. The number of fused-ring (bicyclic) bond motifs is 2. The van der Waals surface area contributed by atoms with E-state index in [4.69, 9.17) is 0 Å².